The van der Waals surface area contributed by atoms with E-state index in [1.165, 1.54) is 0 Å². The van der Waals surface area contributed by atoms with Gasteiger partial charge in [-0.25, -0.2) is 0 Å². The van der Waals surface area contributed by atoms with Crippen molar-refractivity contribution in [3.05, 3.63) is 30.1 Å². The Morgan fingerprint density at radius 3 is 3.00 bits per heavy atom. The number of hydrogen-bond acceptors (Lipinski definition) is 3. The minimum absolute atomic E-state index is 0.258. The molecule has 1 aliphatic rings. The molecule has 16 heavy (non-hydrogen) atoms. The number of carbonyl (C=O) groups is 1. The lowest BCUT2D eigenvalue weighted by atomic mass is 10.1. The molecular formula is C13H18N2O. The van der Waals surface area contributed by atoms with Crippen LogP contribution < -0.4 is 0 Å². The molecule has 0 spiro atoms. The molecule has 0 aromatic carbocycles. The summed E-state index contributed by atoms with van der Waals surface area (Å²) < 4.78 is 0. The van der Waals surface area contributed by atoms with Gasteiger partial charge in [-0.15, -0.1) is 0 Å². The molecular weight excluding hydrogens is 200 g/mol. The van der Waals surface area contributed by atoms with E-state index in [9.17, 15) is 4.79 Å². The largest absolute Gasteiger partial charge is 0.300 e. The third-order valence-corrected chi connectivity index (χ3v) is 3.12. The van der Waals surface area contributed by atoms with Gasteiger partial charge in [0.2, 0.25) is 0 Å². The van der Waals surface area contributed by atoms with E-state index in [2.05, 4.69) is 16.9 Å². The maximum Gasteiger partial charge on any atom is 0.137 e. The first-order valence-electron chi connectivity index (χ1n) is 5.87. The number of rotatable bonds is 4. The van der Waals surface area contributed by atoms with Crippen molar-refractivity contribution in [3.63, 3.8) is 0 Å². The molecule has 1 fully saturated rings. The average Bonchev–Trinajstić information content (AvgIpc) is 2.66. The molecule has 0 aliphatic heterocycles. The number of nitrogens with zero attached hydrogens (tertiary/aromatic N) is 2. The zero-order chi connectivity index (χ0) is 11.4. The van der Waals surface area contributed by atoms with E-state index in [4.69, 9.17) is 0 Å². The Morgan fingerprint density at radius 2 is 2.38 bits per heavy atom. The Labute approximate surface area is 96.5 Å². The van der Waals surface area contributed by atoms with E-state index in [0.29, 0.717) is 5.78 Å². The molecule has 0 amide bonds. The van der Waals surface area contributed by atoms with Gasteiger partial charge >= 0.3 is 0 Å². The van der Waals surface area contributed by atoms with Crippen molar-refractivity contribution >= 4 is 5.78 Å². The summed E-state index contributed by atoms with van der Waals surface area (Å²) in [5, 5.41) is 0. The van der Waals surface area contributed by atoms with E-state index in [1.807, 2.05) is 24.4 Å². The molecule has 0 N–H and O–H groups in total. The molecule has 86 valence electrons. The Kier molecular flexibility index (Phi) is 3.67. The van der Waals surface area contributed by atoms with Crippen molar-refractivity contribution in [2.45, 2.75) is 25.8 Å². The third kappa shape index (κ3) is 2.89. The van der Waals surface area contributed by atoms with E-state index >= 15 is 0 Å². The van der Waals surface area contributed by atoms with Crippen LogP contribution in [0.1, 0.15) is 25.0 Å². The van der Waals surface area contributed by atoms with Crippen molar-refractivity contribution in [2.24, 2.45) is 5.92 Å². The number of ketones is 1. The molecule has 1 heterocycles. The highest BCUT2D eigenvalue weighted by Crippen LogP contribution is 2.22. The summed E-state index contributed by atoms with van der Waals surface area (Å²) >= 11 is 0. The normalized spacial score (nSPS) is 20.6. The maximum atomic E-state index is 11.5. The predicted molar refractivity (Wildman–Crippen MR) is 62.9 cm³/mol. The molecule has 0 radical (unpaired) electrons. The Morgan fingerprint density at radius 1 is 1.50 bits per heavy atom. The van der Waals surface area contributed by atoms with Gasteiger partial charge in [0.25, 0.3) is 0 Å². The van der Waals surface area contributed by atoms with Crippen molar-refractivity contribution < 1.29 is 4.79 Å². The first-order chi connectivity index (χ1) is 7.75. The van der Waals surface area contributed by atoms with E-state index in [1.54, 1.807) is 0 Å². The summed E-state index contributed by atoms with van der Waals surface area (Å²) in [5.74, 6) is 0.696. The molecule has 0 saturated heterocycles. The minimum atomic E-state index is 0.258. The first-order valence-corrected chi connectivity index (χ1v) is 5.87. The molecule has 1 aromatic heterocycles. The van der Waals surface area contributed by atoms with Gasteiger partial charge in [-0.05, 0) is 32.0 Å². The topological polar surface area (TPSA) is 33.2 Å². The highest BCUT2D eigenvalue weighted by molar-refractivity contribution is 5.83. The second-order valence-electron chi connectivity index (χ2n) is 4.57. The number of aromatic nitrogens is 1. The van der Waals surface area contributed by atoms with Crippen LogP contribution in [-0.2, 0) is 11.3 Å². The van der Waals surface area contributed by atoms with Crippen LogP contribution in [0.3, 0.4) is 0 Å². The molecule has 1 atom stereocenters. The molecule has 0 bridgehead atoms. The standard InChI is InChI=1S/C13H18N2O/c1-15(9-11-5-4-7-13(11)16)10-12-6-2-3-8-14-12/h2-3,6,8,11H,4-5,7,9-10H2,1H3. The number of hydrogen-bond donors (Lipinski definition) is 0. The minimum Gasteiger partial charge on any atom is -0.300 e. The number of pyridine rings is 1. The molecule has 1 aliphatic carbocycles. The van der Waals surface area contributed by atoms with Crippen molar-refractivity contribution in [2.75, 3.05) is 13.6 Å². The molecule has 3 nitrogen and oxygen atoms in total. The maximum absolute atomic E-state index is 11.5. The zero-order valence-corrected chi connectivity index (χ0v) is 9.72. The van der Waals surface area contributed by atoms with E-state index < -0.39 is 0 Å². The van der Waals surface area contributed by atoms with Gasteiger partial charge in [0.1, 0.15) is 5.78 Å². The SMILES string of the molecule is CN(Cc1ccccn1)CC1CCCC1=O. The third-order valence-electron chi connectivity index (χ3n) is 3.12. The Bertz CT molecular complexity index is 350. The number of Topliss-reactive ketones (excluding diaryl/α,β-unsaturated/α-hetero) is 1. The summed E-state index contributed by atoms with van der Waals surface area (Å²) in [6, 6.07) is 5.94. The van der Waals surface area contributed by atoms with Crippen molar-refractivity contribution in [3.8, 4) is 0 Å². The van der Waals surface area contributed by atoms with Crippen LogP contribution in [0.2, 0.25) is 0 Å². The van der Waals surface area contributed by atoms with E-state index in [0.717, 1.165) is 38.0 Å². The van der Waals surface area contributed by atoms with Crippen LogP contribution in [0.5, 0.6) is 0 Å². The van der Waals surface area contributed by atoms with Gasteiger partial charge in [0.15, 0.2) is 0 Å². The van der Waals surface area contributed by atoms with E-state index in [-0.39, 0.29) is 5.92 Å². The second kappa shape index (κ2) is 5.21. The smallest absolute Gasteiger partial charge is 0.137 e. The fraction of sp³-hybridized carbons (Fsp3) is 0.538. The lowest BCUT2D eigenvalue weighted by molar-refractivity contribution is -0.121. The molecule has 1 saturated carbocycles. The van der Waals surface area contributed by atoms with Crippen LogP contribution >= 0.6 is 0 Å². The monoisotopic (exact) mass is 218 g/mol. The fourth-order valence-corrected chi connectivity index (χ4v) is 2.29. The predicted octanol–water partition coefficient (Wildman–Crippen LogP) is 1.88. The summed E-state index contributed by atoms with van der Waals surface area (Å²) in [5.41, 5.74) is 1.07. The van der Waals surface area contributed by atoms with Gasteiger partial charge in [0.05, 0.1) is 5.69 Å². The van der Waals surface area contributed by atoms with Gasteiger partial charge in [-0.3, -0.25) is 14.7 Å². The highest BCUT2D eigenvalue weighted by atomic mass is 16.1. The molecule has 3 heteroatoms. The van der Waals surface area contributed by atoms with Crippen LogP contribution in [0, 0.1) is 5.92 Å². The van der Waals surface area contributed by atoms with Crippen LogP contribution in [-0.4, -0.2) is 29.3 Å². The lowest BCUT2D eigenvalue weighted by Crippen LogP contribution is -2.27. The van der Waals surface area contributed by atoms with Crippen molar-refractivity contribution in [1.29, 1.82) is 0 Å². The lowest BCUT2D eigenvalue weighted by Gasteiger charge is -2.19. The molecule has 1 unspecified atom stereocenters. The van der Waals surface area contributed by atoms with Crippen molar-refractivity contribution in [1.82, 2.24) is 9.88 Å². The Hall–Kier alpha value is -1.22. The first kappa shape index (κ1) is 11.3. The quantitative estimate of drug-likeness (QED) is 0.773. The van der Waals surface area contributed by atoms with Gasteiger partial charge in [0, 0.05) is 31.6 Å². The summed E-state index contributed by atoms with van der Waals surface area (Å²) in [6.07, 6.45) is 4.72. The second-order valence-corrected chi connectivity index (χ2v) is 4.57. The van der Waals surface area contributed by atoms with Crippen LogP contribution in [0.25, 0.3) is 0 Å². The van der Waals surface area contributed by atoms with Gasteiger partial charge < -0.3 is 0 Å². The average molecular weight is 218 g/mol. The zero-order valence-electron chi connectivity index (χ0n) is 9.72. The summed E-state index contributed by atoms with van der Waals surface area (Å²) in [7, 11) is 2.06. The summed E-state index contributed by atoms with van der Waals surface area (Å²) in [4.78, 5) is 18.0. The highest BCUT2D eigenvalue weighted by Gasteiger charge is 2.25. The summed E-state index contributed by atoms with van der Waals surface area (Å²) in [6.45, 7) is 1.69. The number of carbonyl (C=O) groups excluding carboxylic acids is 1. The van der Waals surface area contributed by atoms with Crippen LogP contribution in [0.15, 0.2) is 24.4 Å². The fourth-order valence-electron chi connectivity index (χ4n) is 2.29. The van der Waals surface area contributed by atoms with Gasteiger partial charge in [-0.1, -0.05) is 6.07 Å². The van der Waals surface area contributed by atoms with Crippen LogP contribution in [0.4, 0.5) is 0 Å². The molecule has 1 aromatic rings. The Balaban J connectivity index is 1.84. The molecule has 2 rings (SSSR count). The van der Waals surface area contributed by atoms with Gasteiger partial charge in [-0.2, -0.15) is 0 Å².